The van der Waals surface area contributed by atoms with Gasteiger partial charge in [0.2, 0.25) is 0 Å². The van der Waals surface area contributed by atoms with E-state index in [9.17, 15) is 0 Å². The van der Waals surface area contributed by atoms with E-state index in [4.69, 9.17) is 15.2 Å². The summed E-state index contributed by atoms with van der Waals surface area (Å²) in [7, 11) is 0. The Morgan fingerprint density at radius 1 is 1.17 bits per heavy atom. The Morgan fingerprint density at radius 2 is 1.92 bits per heavy atom. The van der Waals surface area contributed by atoms with Crippen molar-refractivity contribution in [1.29, 1.82) is 0 Å². The van der Waals surface area contributed by atoms with E-state index < -0.39 is 0 Å². The van der Waals surface area contributed by atoms with Crippen molar-refractivity contribution in [2.75, 3.05) is 19.6 Å². The molecule has 0 aliphatic carbocycles. The molecule has 1 saturated heterocycles. The van der Waals surface area contributed by atoms with Crippen molar-refractivity contribution in [3.05, 3.63) is 0 Å². The van der Waals surface area contributed by atoms with E-state index in [0.717, 1.165) is 38.9 Å². The van der Waals surface area contributed by atoms with E-state index in [-0.39, 0.29) is 12.4 Å². The molecule has 0 saturated carbocycles. The van der Waals surface area contributed by atoms with E-state index in [0.29, 0.717) is 18.1 Å². The van der Waals surface area contributed by atoms with Crippen LogP contribution >= 0.6 is 0 Å². The number of hydrogen-bond donors (Lipinski definition) is 1. The molecule has 0 bridgehead atoms. The summed E-state index contributed by atoms with van der Waals surface area (Å²) in [6.07, 6.45) is 8.77. The number of ether oxygens (including phenoxy) is 2. The molecule has 0 aromatic rings. The highest BCUT2D eigenvalue weighted by molar-refractivity contribution is 4.72. The molecule has 0 aromatic carbocycles. The topological polar surface area (TPSA) is 47.7 Å². The van der Waals surface area contributed by atoms with Crippen molar-refractivity contribution in [1.82, 2.24) is 4.90 Å². The van der Waals surface area contributed by atoms with Crippen LogP contribution in [0.25, 0.3) is 0 Å². The molecule has 1 aliphatic heterocycles. The van der Waals surface area contributed by atoms with E-state index in [1.165, 1.54) is 25.7 Å². The van der Waals surface area contributed by atoms with Gasteiger partial charge in [0.05, 0.1) is 12.2 Å². The standard InChI is InChI=1S/C20H42N2O2/c1-6-9-17(3)22(14-8-13-21)15-12-16(2)19(5)24-20-11-7-10-18(4)23-20/h16-20H,6-15,21H2,1-5H3/t16?,17-,18?,19-,20?/m1/s1. The molecule has 5 atom stereocenters. The predicted octanol–water partition coefficient (Wildman–Crippen LogP) is 4.17. The number of nitrogens with zero attached hydrogens (tertiary/aromatic N) is 1. The molecule has 3 unspecified atom stereocenters. The molecular formula is C20H42N2O2. The zero-order valence-electron chi connectivity index (χ0n) is 16.8. The van der Waals surface area contributed by atoms with Gasteiger partial charge in [0, 0.05) is 6.04 Å². The Hall–Kier alpha value is -0.160. The van der Waals surface area contributed by atoms with E-state index in [1.807, 2.05) is 0 Å². The van der Waals surface area contributed by atoms with Gasteiger partial charge in [-0.05, 0) is 84.8 Å². The van der Waals surface area contributed by atoms with Gasteiger partial charge in [-0.2, -0.15) is 0 Å². The first-order valence-electron chi connectivity index (χ1n) is 10.2. The van der Waals surface area contributed by atoms with Gasteiger partial charge in [-0.15, -0.1) is 0 Å². The maximum atomic E-state index is 6.18. The third kappa shape index (κ3) is 8.28. The van der Waals surface area contributed by atoms with Crippen molar-refractivity contribution in [2.24, 2.45) is 11.7 Å². The van der Waals surface area contributed by atoms with E-state index in [2.05, 4.69) is 39.5 Å². The third-order valence-electron chi connectivity index (χ3n) is 5.45. The van der Waals surface area contributed by atoms with E-state index in [1.54, 1.807) is 0 Å². The van der Waals surface area contributed by atoms with Gasteiger partial charge in [-0.3, -0.25) is 0 Å². The minimum atomic E-state index is -0.00133. The van der Waals surface area contributed by atoms with Crippen LogP contribution < -0.4 is 5.73 Å². The lowest BCUT2D eigenvalue weighted by Gasteiger charge is -2.33. The molecule has 144 valence electrons. The third-order valence-corrected chi connectivity index (χ3v) is 5.45. The second kappa shape index (κ2) is 12.2. The molecule has 4 heteroatoms. The van der Waals surface area contributed by atoms with Crippen LogP contribution in [0, 0.1) is 5.92 Å². The van der Waals surface area contributed by atoms with Crippen LogP contribution in [0.2, 0.25) is 0 Å². The fourth-order valence-corrected chi connectivity index (χ4v) is 3.49. The van der Waals surface area contributed by atoms with Crippen molar-refractivity contribution in [3.63, 3.8) is 0 Å². The smallest absolute Gasteiger partial charge is 0.158 e. The lowest BCUT2D eigenvalue weighted by molar-refractivity contribution is -0.215. The molecule has 1 rings (SSSR count). The summed E-state index contributed by atoms with van der Waals surface area (Å²) in [5.74, 6) is 0.542. The highest BCUT2D eigenvalue weighted by atomic mass is 16.7. The first-order chi connectivity index (χ1) is 11.5. The Kier molecular flexibility index (Phi) is 11.2. The fourth-order valence-electron chi connectivity index (χ4n) is 3.49. The highest BCUT2D eigenvalue weighted by Gasteiger charge is 2.24. The Bertz CT molecular complexity index is 314. The second-order valence-corrected chi connectivity index (χ2v) is 7.73. The average molecular weight is 343 g/mol. The van der Waals surface area contributed by atoms with Gasteiger partial charge in [-0.1, -0.05) is 20.3 Å². The second-order valence-electron chi connectivity index (χ2n) is 7.73. The molecule has 24 heavy (non-hydrogen) atoms. The molecule has 4 nitrogen and oxygen atoms in total. The predicted molar refractivity (Wildman–Crippen MR) is 102 cm³/mol. The normalized spacial score (nSPS) is 25.6. The van der Waals surface area contributed by atoms with E-state index >= 15 is 0 Å². The summed E-state index contributed by atoms with van der Waals surface area (Å²) in [4.78, 5) is 2.61. The van der Waals surface area contributed by atoms with Crippen LogP contribution in [-0.4, -0.2) is 49.1 Å². The van der Waals surface area contributed by atoms with Crippen LogP contribution in [0.4, 0.5) is 0 Å². The summed E-state index contributed by atoms with van der Waals surface area (Å²) in [6, 6.07) is 0.646. The van der Waals surface area contributed by atoms with Gasteiger partial charge in [0.15, 0.2) is 6.29 Å². The van der Waals surface area contributed by atoms with Gasteiger partial charge in [-0.25, -0.2) is 0 Å². The number of nitrogens with two attached hydrogens (primary N) is 1. The molecule has 1 fully saturated rings. The molecule has 0 amide bonds. The van der Waals surface area contributed by atoms with Crippen molar-refractivity contribution >= 4 is 0 Å². The van der Waals surface area contributed by atoms with Gasteiger partial charge < -0.3 is 20.1 Å². The summed E-state index contributed by atoms with van der Waals surface area (Å²) >= 11 is 0. The molecule has 2 N–H and O–H groups in total. The Labute approximate surface area is 150 Å². The molecule has 0 radical (unpaired) electrons. The first kappa shape index (κ1) is 21.9. The monoisotopic (exact) mass is 342 g/mol. The van der Waals surface area contributed by atoms with Crippen LogP contribution in [0.15, 0.2) is 0 Å². The molecule has 1 aliphatic rings. The van der Waals surface area contributed by atoms with Crippen LogP contribution in [0.5, 0.6) is 0 Å². The highest BCUT2D eigenvalue weighted by Crippen LogP contribution is 2.23. The number of rotatable bonds is 12. The summed E-state index contributed by atoms with van der Waals surface area (Å²) in [6.45, 7) is 14.3. The zero-order chi connectivity index (χ0) is 17.9. The molecule has 0 aromatic heterocycles. The van der Waals surface area contributed by atoms with Crippen molar-refractivity contribution in [3.8, 4) is 0 Å². The first-order valence-corrected chi connectivity index (χ1v) is 10.2. The molecule has 0 spiro atoms. The SMILES string of the molecule is CCC[C@@H](C)N(CCCN)CCC(C)[C@@H](C)OC1CCCC(C)O1. The number of hydrogen-bond acceptors (Lipinski definition) is 4. The molecular weight excluding hydrogens is 300 g/mol. The van der Waals surface area contributed by atoms with Crippen molar-refractivity contribution < 1.29 is 9.47 Å². The average Bonchev–Trinajstić information content (AvgIpc) is 2.54. The lowest BCUT2D eigenvalue weighted by Crippen LogP contribution is -2.38. The quantitative estimate of drug-likeness (QED) is 0.578. The summed E-state index contributed by atoms with van der Waals surface area (Å²) < 4.78 is 12.1. The summed E-state index contributed by atoms with van der Waals surface area (Å²) in [5.41, 5.74) is 5.71. The minimum absolute atomic E-state index is 0.00133. The lowest BCUT2D eigenvalue weighted by atomic mass is 10.0. The summed E-state index contributed by atoms with van der Waals surface area (Å²) in [5, 5.41) is 0. The zero-order valence-corrected chi connectivity index (χ0v) is 16.8. The Morgan fingerprint density at radius 3 is 2.54 bits per heavy atom. The fraction of sp³-hybridized carbons (Fsp3) is 1.00. The van der Waals surface area contributed by atoms with Crippen LogP contribution in [-0.2, 0) is 9.47 Å². The Balaban J connectivity index is 2.37. The van der Waals surface area contributed by atoms with Crippen LogP contribution in [0.1, 0.15) is 79.6 Å². The van der Waals surface area contributed by atoms with Crippen LogP contribution in [0.3, 0.4) is 0 Å². The maximum Gasteiger partial charge on any atom is 0.158 e. The molecule has 1 heterocycles. The van der Waals surface area contributed by atoms with Gasteiger partial charge in [0.25, 0.3) is 0 Å². The van der Waals surface area contributed by atoms with Gasteiger partial charge in [0.1, 0.15) is 0 Å². The van der Waals surface area contributed by atoms with Crippen molar-refractivity contribution in [2.45, 2.75) is 104 Å². The maximum absolute atomic E-state index is 6.18. The van der Waals surface area contributed by atoms with Gasteiger partial charge >= 0.3 is 0 Å². The largest absolute Gasteiger partial charge is 0.350 e. The minimum Gasteiger partial charge on any atom is -0.350 e.